The second kappa shape index (κ2) is 7.22. The molecule has 1 aliphatic rings. The number of nitrogens with one attached hydrogen (secondary N) is 2. The number of hydrogen-bond donors (Lipinski definition) is 2. The lowest BCUT2D eigenvalue weighted by molar-refractivity contribution is -0.124. The van der Waals surface area contributed by atoms with Crippen LogP contribution in [-0.2, 0) is 19.6 Å². The monoisotopic (exact) mass is 332 g/mol. The molecule has 0 aliphatic carbocycles. The molecule has 1 aliphatic heterocycles. The Bertz CT molecular complexity index is 600. The third-order valence-corrected chi connectivity index (χ3v) is 4.82. The molecule has 1 aromatic carbocycles. The highest BCUT2D eigenvalue weighted by Gasteiger charge is 2.23. The first-order valence-corrected chi connectivity index (χ1v) is 8.46. The van der Waals surface area contributed by atoms with E-state index in [1.165, 1.54) is 12.1 Å². The van der Waals surface area contributed by atoms with Crippen LogP contribution < -0.4 is 10.0 Å². The van der Waals surface area contributed by atoms with Gasteiger partial charge in [-0.05, 0) is 24.6 Å². The maximum atomic E-state index is 12.0. The smallest absolute Gasteiger partial charge is 0.240 e. The van der Waals surface area contributed by atoms with Gasteiger partial charge in [-0.2, -0.15) is 0 Å². The highest BCUT2D eigenvalue weighted by atomic mass is 35.5. The molecule has 1 atom stereocenters. The molecule has 1 amide bonds. The molecule has 0 aromatic heterocycles. The molecule has 6 nitrogen and oxygen atoms in total. The van der Waals surface area contributed by atoms with Crippen molar-refractivity contribution in [2.24, 2.45) is 5.92 Å². The van der Waals surface area contributed by atoms with Crippen LogP contribution in [0.1, 0.15) is 6.42 Å². The fourth-order valence-electron chi connectivity index (χ4n) is 1.97. The van der Waals surface area contributed by atoms with Crippen molar-refractivity contribution in [3.63, 3.8) is 0 Å². The van der Waals surface area contributed by atoms with Gasteiger partial charge in [-0.3, -0.25) is 4.79 Å². The molecular formula is C13H17ClN2O4S. The molecule has 2 rings (SSSR count). The number of rotatable bonds is 6. The summed E-state index contributed by atoms with van der Waals surface area (Å²) < 4.78 is 31.5. The number of hydrogen-bond acceptors (Lipinski definition) is 4. The Morgan fingerprint density at radius 3 is 2.86 bits per heavy atom. The zero-order valence-electron chi connectivity index (χ0n) is 11.3. The third-order valence-electron chi connectivity index (χ3n) is 3.12. The standard InChI is InChI=1S/C13H17ClN2O4S/c14-11-2-1-3-12(8-11)21(18,19)16-6-5-15-13(17)10-4-7-20-9-10/h1-3,8,10,16H,4-7,9H2,(H,15,17). The normalized spacial score (nSPS) is 18.6. The molecule has 0 bridgehead atoms. The molecular weight excluding hydrogens is 316 g/mol. The number of benzene rings is 1. The Hall–Kier alpha value is -1.15. The minimum atomic E-state index is -3.61. The summed E-state index contributed by atoms with van der Waals surface area (Å²) >= 11 is 5.77. The molecule has 1 unspecified atom stereocenters. The van der Waals surface area contributed by atoms with Crippen molar-refractivity contribution in [2.75, 3.05) is 26.3 Å². The zero-order chi connectivity index (χ0) is 15.3. The van der Waals surface area contributed by atoms with E-state index in [0.29, 0.717) is 24.7 Å². The summed E-state index contributed by atoms with van der Waals surface area (Å²) in [5.74, 6) is -0.232. The topological polar surface area (TPSA) is 84.5 Å². The fraction of sp³-hybridized carbons (Fsp3) is 0.462. The molecule has 0 radical (unpaired) electrons. The van der Waals surface area contributed by atoms with Crippen LogP contribution in [0.4, 0.5) is 0 Å². The van der Waals surface area contributed by atoms with Crippen LogP contribution in [0.15, 0.2) is 29.2 Å². The lowest BCUT2D eigenvalue weighted by Gasteiger charge is -2.10. The molecule has 8 heteroatoms. The SMILES string of the molecule is O=C(NCCNS(=O)(=O)c1cccc(Cl)c1)C1CCOC1. The summed E-state index contributed by atoms with van der Waals surface area (Å²) in [5.41, 5.74) is 0. The van der Waals surface area contributed by atoms with Crippen molar-refractivity contribution < 1.29 is 17.9 Å². The van der Waals surface area contributed by atoms with Crippen molar-refractivity contribution in [3.8, 4) is 0 Å². The van der Waals surface area contributed by atoms with Gasteiger partial charge in [0, 0.05) is 24.7 Å². The summed E-state index contributed by atoms with van der Waals surface area (Å²) in [5, 5.41) is 3.04. The lowest BCUT2D eigenvalue weighted by Crippen LogP contribution is -2.37. The van der Waals surface area contributed by atoms with Crippen LogP contribution in [0, 0.1) is 5.92 Å². The maximum Gasteiger partial charge on any atom is 0.240 e. The number of sulfonamides is 1. The van der Waals surface area contributed by atoms with Crippen LogP contribution in [0.3, 0.4) is 0 Å². The Morgan fingerprint density at radius 1 is 1.38 bits per heavy atom. The predicted molar refractivity (Wildman–Crippen MR) is 78.6 cm³/mol. The van der Waals surface area contributed by atoms with Gasteiger partial charge in [0.15, 0.2) is 0 Å². The van der Waals surface area contributed by atoms with Crippen LogP contribution in [0.2, 0.25) is 5.02 Å². The molecule has 0 saturated carbocycles. The van der Waals surface area contributed by atoms with E-state index in [4.69, 9.17) is 16.3 Å². The largest absolute Gasteiger partial charge is 0.381 e. The average Bonchev–Trinajstić information content (AvgIpc) is 2.97. The van der Waals surface area contributed by atoms with Gasteiger partial charge in [-0.25, -0.2) is 13.1 Å². The number of carbonyl (C=O) groups is 1. The minimum absolute atomic E-state index is 0.102. The molecule has 1 heterocycles. The molecule has 116 valence electrons. The number of amides is 1. The zero-order valence-corrected chi connectivity index (χ0v) is 12.9. The van der Waals surface area contributed by atoms with E-state index in [1.54, 1.807) is 12.1 Å². The highest BCUT2D eigenvalue weighted by Crippen LogP contribution is 2.15. The van der Waals surface area contributed by atoms with Gasteiger partial charge in [0.1, 0.15) is 0 Å². The first-order chi connectivity index (χ1) is 9.99. The van der Waals surface area contributed by atoms with Crippen molar-refractivity contribution >= 4 is 27.5 Å². The Morgan fingerprint density at radius 2 is 2.19 bits per heavy atom. The van der Waals surface area contributed by atoms with E-state index in [-0.39, 0.29) is 29.8 Å². The summed E-state index contributed by atoms with van der Waals surface area (Å²) in [7, 11) is -3.61. The van der Waals surface area contributed by atoms with Gasteiger partial charge in [0.2, 0.25) is 15.9 Å². The van der Waals surface area contributed by atoms with E-state index >= 15 is 0 Å². The van der Waals surface area contributed by atoms with Crippen molar-refractivity contribution in [2.45, 2.75) is 11.3 Å². The number of halogens is 1. The predicted octanol–water partition coefficient (Wildman–Crippen LogP) is 0.771. The van der Waals surface area contributed by atoms with Crippen molar-refractivity contribution in [3.05, 3.63) is 29.3 Å². The van der Waals surface area contributed by atoms with Gasteiger partial charge < -0.3 is 10.1 Å². The summed E-state index contributed by atoms with van der Waals surface area (Å²) in [6.07, 6.45) is 0.708. The molecule has 2 N–H and O–H groups in total. The van der Waals surface area contributed by atoms with Crippen LogP contribution in [-0.4, -0.2) is 40.6 Å². The minimum Gasteiger partial charge on any atom is -0.381 e. The van der Waals surface area contributed by atoms with E-state index < -0.39 is 10.0 Å². The van der Waals surface area contributed by atoms with Crippen LogP contribution in [0.25, 0.3) is 0 Å². The summed E-state index contributed by atoms with van der Waals surface area (Å²) in [6.45, 7) is 1.38. The quantitative estimate of drug-likeness (QED) is 0.754. The van der Waals surface area contributed by atoms with Gasteiger partial charge in [-0.15, -0.1) is 0 Å². The molecule has 0 spiro atoms. The van der Waals surface area contributed by atoms with E-state index in [0.717, 1.165) is 0 Å². The highest BCUT2D eigenvalue weighted by molar-refractivity contribution is 7.89. The molecule has 1 saturated heterocycles. The van der Waals surface area contributed by atoms with Gasteiger partial charge >= 0.3 is 0 Å². The van der Waals surface area contributed by atoms with Crippen LogP contribution >= 0.6 is 11.6 Å². The second-order valence-corrected chi connectivity index (χ2v) is 6.91. The molecule has 21 heavy (non-hydrogen) atoms. The van der Waals surface area contributed by atoms with E-state index in [1.807, 2.05) is 0 Å². The number of carbonyl (C=O) groups excluding carboxylic acids is 1. The fourth-order valence-corrected chi connectivity index (χ4v) is 3.31. The Kier molecular flexibility index (Phi) is 5.58. The first kappa shape index (κ1) is 16.2. The lowest BCUT2D eigenvalue weighted by atomic mass is 10.1. The number of ether oxygens (including phenoxy) is 1. The molecule has 1 aromatic rings. The van der Waals surface area contributed by atoms with Crippen molar-refractivity contribution in [1.29, 1.82) is 0 Å². The van der Waals surface area contributed by atoms with Gasteiger partial charge in [-0.1, -0.05) is 17.7 Å². The van der Waals surface area contributed by atoms with Crippen LogP contribution in [0.5, 0.6) is 0 Å². The Balaban J connectivity index is 1.78. The molecule has 1 fully saturated rings. The Labute approximate surface area is 128 Å². The summed E-state index contributed by atoms with van der Waals surface area (Å²) in [4.78, 5) is 11.8. The maximum absolute atomic E-state index is 12.0. The first-order valence-electron chi connectivity index (χ1n) is 6.60. The van der Waals surface area contributed by atoms with Crippen molar-refractivity contribution in [1.82, 2.24) is 10.0 Å². The average molecular weight is 333 g/mol. The summed E-state index contributed by atoms with van der Waals surface area (Å²) in [6, 6.07) is 6.00. The third kappa shape index (κ3) is 4.67. The van der Waals surface area contributed by atoms with Gasteiger partial charge in [0.05, 0.1) is 17.4 Å². The van der Waals surface area contributed by atoms with Gasteiger partial charge in [0.25, 0.3) is 0 Å². The van der Waals surface area contributed by atoms with E-state index in [2.05, 4.69) is 10.0 Å². The second-order valence-electron chi connectivity index (χ2n) is 4.71. The van der Waals surface area contributed by atoms with E-state index in [9.17, 15) is 13.2 Å².